The Morgan fingerprint density at radius 1 is 1.38 bits per heavy atom. The Labute approximate surface area is 133 Å². The summed E-state index contributed by atoms with van der Waals surface area (Å²) in [6, 6.07) is -0.180. The van der Waals surface area contributed by atoms with Gasteiger partial charge in [-0.15, -0.1) is 4.62 Å². The van der Waals surface area contributed by atoms with Gasteiger partial charge in [-0.3, -0.25) is 0 Å². The van der Waals surface area contributed by atoms with Gasteiger partial charge in [-0.1, -0.05) is 0 Å². The van der Waals surface area contributed by atoms with Crippen molar-refractivity contribution in [2.24, 2.45) is 4.99 Å². The van der Waals surface area contributed by atoms with Gasteiger partial charge in [0.15, 0.2) is 12.0 Å². The van der Waals surface area contributed by atoms with Crippen LogP contribution in [0.1, 0.15) is 11.9 Å². The number of guanidine groups is 1. The van der Waals surface area contributed by atoms with Crippen molar-refractivity contribution >= 4 is 19.6 Å². The Balaban J connectivity index is 1.67. The Bertz CT molecular complexity index is 796. The molecule has 0 saturated carbocycles. The number of ether oxygens (including phenoxy) is 1. The first-order valence-corrected chi connectivity index (χ1v) is 8.49. The highest BCUT2D eigenvalue weighted by molar-refractivity contribution is 7.49. The fourth-order valence-electron chi connectivity index (χ4n) is 2.97. The molecule has 2 saturated heterocycles. The monoisotopic (exact) mass is 361 g/mol. The van der Waals surface area contributed by atoms with Crippen LogP contribution in [0.25, 0.3) is 0 Å². The molecule has 24 heavy (non-hydrogen) atoms. The van der Waals surface area contributed by atoms with Crippen LogP contribution >= 0.6 is 7.82 Å². The van der Waals surface area contributed by atoms with E-state index in [0.717, 1.165) is 5.06 Å². The zero-order valence-corrected chi connectivity index (χ0v) is 12.7. The van der Waals surface area contributed by atoms with E-state index in [2.05, 4.69) is 15.5 Å². The highest BCUT2D eigenvalue weighted by Gasteiger charge is 2.53. The van der Waals surface area contributed by atoms with E-state index in [1.807, 2.05) is 0 Å². The summed E-state index contributed by atoms with van der Waals surface area (Å²) in [6.07, 6.45) is -4.82. The molecule has 4 aliphatic rings. The van der Waals surface area contributed by atoms with Crippen LogP contribution in [0.2, 0.25) is 0 Å². The van der Waals surface area contributed by atoms with Gasteiger partial charge in [0.25, 0.3) is 5.96 Å². The molecular weight excluding hydrogens is 349 g/mol. The molecule has 130 valence electrons. The number of anilines is 1. The zero-order valence-electron chi connectivity index (χ0n) is 11.8. The van der Waals surface area contributed by atoms with Gasteiger partial charge >= 0.3 is 13.8 Å². The number of aliphatic hydroxyl groups excluding tert-OH is 3. The van der Waals surface area contributed by atoms with Crippen LogP contribution in [-0.4, -0.2) is 55.7 Å². The van der Waals surface area contributed by atoms with E-state index < -0.39 is 39.0 Å². The van der Waals surface area contributed by atoms with Crippen molar-refractivity contribution in [3.63, 3.8) is 0 Å². The third kappa shape index (κ3) is 1.77. The number of imidazole rings is 1. The van der Waals surface area contributed by atoms with Gasteiger partial charge < -0.3 is 24.6 Å². The van der Waals surface area contributed by atoms with Gasteiger partial charge in [-0.2, -0.15) is 14.7 Å². The summed E-state index contributed by atoms with van der Waals surface area (Å²) in [6.45, 7) is -0.332. The second kappa shape index (κ2) is 4.67. The van der Waals surface area contributed by atoms with Crippen LogP contribution in [0.4, 0.5) is 5.82 Å². The molecule has 1 aromatic rings. The molecule has 14 heteroatoms. The zero-order chi connectivity index (χ0) is 16.6. The van der Waals surface area contributed by atoms with Crippen LogP contribution < -0.4 is 15.1 Å². The number of rotatable bonds is 2. The molecule has 2 fully saturated rings. The number of hydrogen-bond donors (Lipinski definition) is 4. The van der Waals surface area contributed by atoms with E-state index in [9.17, 15) is 19.9 Å². The van der Waals surface area contributed by atoms with Crippen LogP contribution in [0, 0.1) is 0 Å². The first-order valence-electron chi connectivity index (χ1n) is 7.03. The lowest BCUT2D eigenvalue weighted by Gasteiger charge is -2.32. The Morgan fingerprint density at radius 2 is 2.21 bits per heavy atom. The van der Waals surface area contributed by atoms with E-state index in [-0.39, 0.29) is 24.3 Å². The summed E-state index contributed by atoms with van der Waals surface area (Å²) < 4.78 is 34.6. The summed E-state index contributed by atoms with van der Waals surface area (Å²) >= 11 is 0. The van der Waals surface area contributed by atoms with Crippen molar-refractivity contribution in [3.8, 4) is 6.01 Å². The van der Waals surface area contributed by atoms with Crippen molar-refractivity contribution in [1.82, 2.24) is 15.0 Å². The standard InChI is InChI=1S/C10H12N5O8P/c16-2-4-5(17)6(18)8(20-4)14-7-3-1-11-9-13-22-24(19,23-15(7)9)21-10(14)12-3/h4-6,8,16-18H,1-2H2,(H,11,13). The van der Waals surface area contributed by atoms with Gasteiger partial charge in [0, 0.05) is 0 Å². The van der Waals surface area contributed by atoms with Crippen molar-refractivity contribution in [2.75, 3.05) is 11.7 Å². The fraction of sp³-hybridized carbons (Fsp3) is 0.600. The topological polar surface area (TPSA) is 160 Å². The SMILES string of the molecule is O=P12ONC3=NCc4nc(n(C5OC(CO)C(O)C5O)c4N3O1)O2. The number of aromatic nitrogens is 2. The van der Waals surface area contributed by atoms with Crippen molar-refractivity contribution in [3.05, 3.63) is 5.69 Å². The molecule has 0 radical (unpaired) electrons. The van der Waals surface area contributed by atoms with Crippen LogP contribution in [0.3, 0.4) is 0 Å². The Morgan fingerprint density at radius 3 is 2.96 bits per heavy atom. The minimum absolute atomic E-state index is 0.124. The van der Waals surface area contributed by atoms with Gasteiger partial charge in [0.2, 0.25) is 0 Å². The first kappa shape index (κ1) is 14.6. The summed E-state index contributed by atoms with van der Waals surface area (Å²) in [4.78, 5) is 8.31. The molecule has 0 aromatic carbocycles. The predicted molar refractivity (Wildman–Crippen MR) is 72.4 cm³/mol. The number of fused-ring (bicyclic) bond motifs is 2. The molecule has 4 bridgehead atoms. The maximum Gasteiger partial charge on any atom is 0.576 e. The van der Waals surface area contributed by atoms with E-state index in [1.54, 1.807) is 0 Å². The second-order valence-corrected chi connectivity index (χ2v) is 6.93. The molecule has 0 amide bonds. The highest BCUT2D eigenvalue weighted by Crippen LogP contribution is 2.57. The summed E-state index contributed by atoms with van der Waals surface area (Å²) in [5.74, 6) is 0.400. The molecular formula is C10H12N5O8P. The third-order valence-corrected chi connectivity index (χ3v) is 5.15. The van der Waals surface area contributed by atoms with Crippen LogP contribution in [0.15, 0.2) is 4.99 Å². The number of phosphoric acid groups is 1. The van der Waals surface area contributed by atoms with E-state index in [4.69, 9.17) is 18.5 Å². The molecule has 5 rings (SSSR count). The van der Waals surface area contributed by atoms with E-state index in [0.29, 0.717) is 5.69 Å². The van der Waals surface area contributed by atoms with Crippen molar-refractivity contribution in [1.29, 1.82) is 0 Å². The largest absolute Gasteiger partial charge is 0.576 e. The lowest BCUT2D eigenvalue weighted by atomic mass is 10.1. The quantitative estimate of drug-likeness (QED) is 0.437. The molecule has 5 heterocycles. The summed E-state index contributed by atoms with van der Waals surface area (Å²) in [7, 11) is -4.04. The number of aliphatic hydroxyl groups is 3. The molecule has 1 aromatic heterocycles. The number of nitrogens with zero attached hydrogens (tertiary/aromatic N) is 4. The minimum Gasteiger partial charge on any atom is -0.394 e. The molecule has 4 N–H and O–H groups in total. The normalized spacial score (nSPS) is 39.3. The van der Waals surface area contributed by atoms with Crippen LogP contribution in [-0.2, 0) is 25.1 Å². The lowest BCUT2D eigenvalue weighted by molar-refractivity contribution is -0.0537. The van der Waals surface area contributed by atoms with Gasteiger partial charge in [0.05, 0.1) is 13.2 Å². The Kier molecular flexibility index (Phi) is 2.84. The maximum atomic E-state index is 12.4. The maximum absolute atomic E-state index is 12.4. The fourth-order valence-corrected chi connectivity index (χ4v) is 3.95. The molecule has 0 spiro atoms. The average molecular weight is 361 g/mol. The van der Waals surface area contributed by atoms with Crippen LogP contribution in [0.5, 0.6) is 6.01 Å². The van der Waals surface area contributed by atoms with Gasteiger partial charge in [0.1, 0.15) is 24.0 Å². The number of nitrogens with one attached hydrogen (secondary N) is 1. The molecule has 5 unspecified atom stereocenters. The Hall–Kier alpha value is -1.73. The third-order valence-electron chi connectivity index (χ3n) is 4.08. The lowest BCUT2D eigenvalue weighted by Crippen LogP contribution is -2.48. The van der Waals surface area contributed by atoms with Gasteiger partial charge in [-0.25, -0.2) is 19.6 Å². The summed E-state index contributed by atoms with van der Waals surface area (Å²) in [5.41, 5.74) is 2.81. The van der Waals surface area contributed by atoms with E-state index >= 15 is 0 Å². The molecule has 13 nitrogen and oxygen atoms in total. The smallest absolute Gasteiger partial charge is 0.394 e. The van der Waals surface area contributed by atoms with Gasteiger partial charge in [-0.05, 0) is 0 Å². The van der Waals surface area contributed by atoms with Crippen molar-refractivity contribution < 1.29 is 38.4 Å². The second-order valence-electron chi connectivity index (χ2n) is 5.51. The molecule has 0 aliphatic carbocycles. The number of hydrogen-bond acceptors (Lipinski definition) is 12. The highest BCUT2D eigenvalue weighted by atomic mass is 31.2. The molecule has 5 atom stereocenters. The molecule has 4 aliphatic heterocycles. The van der Waals surface area contributed by atoms with E-state index in [1.165, 1.54) is 4.57 Å². The van der Waals surface area contributed by atoms with Crippen molar-refractivity contribution in [2.45, 2.75) is 31.1 Å². The first-order chi connectivity index (χ1) is 11.5. The number of hydroxylamine groups is 2. The minimum atomic E-state index is -4.04. The number of aliphatic imine (C=N–C) groups is 1. The predicted octanol–water partition coefficient (Wildman–Crippen LogP) is -1.86. The summed E-state index contributed by atoms with van der Waals surface area (Å²) in [5, 5.41) is 30.6. The average Bonchev–Trinajstić information content (AvgIpc) is 3.01.